The zero-order valence-corrected chi connectivity index (χ0v) is 15.2. The van der Waals surface area contributed by atoms with E-state index in [4.69, 9.17) is 5.11 Å². The molecule has 0 spiro atoms. The largest absolute Gasteiger partial charge is 0.478 e. The van der Waals surface area contributed by atoms with Crippen molar-refractivity contribution in [1.29, 1.82) is 0 Å². The van der Waals surface area contributed by atoms with Crippen molar-refractivity contribution in [1.82, 2.24) is 4.31 Å². The van der Waals surface area contributed by atoms with E-state index in [1.807, 2.05) is 6.92 Å². The Kier molecular flexibility index (Phi) is 5.11. The van der Waals surface area contributed by atoms with Gasteiger partial charge in [0.2, 0.25) is 10.0 Å². The van der Waals surface area contributed by atoms with Crippen molar-refractivity contribution in [2.24, 2.45) is 5.92 Å². The maximum atomic E-state index is 13.5. The highest BCUT2D eigenvalue weighted by molar-refractivity contribution is 7.89. The Morgan fingerprint density at radius 2 is 1.92 bits per heavy atom. The first-order valence-corrected chi connectivity index (χ1v) is 9.80. The molecule has 26 heavy (non-hydrogen) atoms. The number of carbonyl (C=O) groups is 1. The van der Waals surface area contributed by atoms with Crippen molar-refractivity contribution >= 4 is 16.0 Å². The van der Waals surface area contributed by atoms with Crippen LogP contribution in [0.2, 0.25) is 0 Å². The molecule has 1 atom stereocenters. The fourth-order valence-electron chi connectivity index (χ4n) is 3.24. The van der Waals surface area contributed by atoms with Crippen molar-refractivity contribution in [3.05, 3.63) is 65.0 Å². The molecule has 0 saturated carbocycles. The number of aryl methyl sites for hydroxylation is 1. The number of halogens is 1. The van der Waals surface area contributed by atoms with E-state index in [0.29, 0.717) is 31.5 Å². The molecule has 0 bridgehead atoms. The summed E-state index contributed by atoms with van der Waals surface area (Å²) in [6.45, 7) is 2.69. The zero-order valence-electron chi connectivity index (χ0n) is 14.4. The summed E-state index contributed by atoms with van der Waals surface area (Å²) >= 11 is 0. The molecular weight excluding hydrogens is 357 g/mol. The Morgan fingerprint density at radius 1 is 1.23 bits per heavy atom. The molecular formula is C19H20FNO4S. The van der Waals surface area contributed by atoms with Crippen LogP contribution >= 0.6 is 0 Å². The third kappa shape index (κ3) is 3.78. The quantitative estimate of drug-likeness (QED) is 0.869. The zero-order chi connectivity index (χ0) is 18.9. The van der Waals surface area contributed by atoms with Crippen LogP contribution in [0, 0.1) is 18.7 Å². The van der Waals surface area contributed by atoms with Crippen LogP contribution in [0.3, 0.4) is 0 Å². The molecule has 0 radical (unpaired) electrons. The first-order chi connectivity index (χ1) is 12.3. The number of carboxylic acids is 1. The molecule has 7 heteroatoms. The summed E-state index contributed by atoms with van der Waals surface area (Å²) in [7, 11) is -3.53. The number of benzene rings is 2. The third-order valence-corrected chi connectivity index (χ3v) is 6.57. The number of hydrogen-bond acceptors (Lipinski definition) is 3. The van der Waals surface area contributed by atoms with Crippen LogP contribution in [0.5, 0.6) is 0 Å². The second kappa shape index (κ2) is 7.17. The molecule has 1 saturated heterocycles. The van der Waals surface area contributed by atoms with Gasteiger partial charge in [-0.05, 0) is 55.5 Å². The number of carboxylic acid groups (broad SMARTS) is 1. The van der Waals surface area contributed by atoms with E-state index >= 15 is 0 Å². The monoisotopic (exact) mass is 377 g/mol. The average molecular weight is 377 g/mol. The minimum absolute atomic E-state index is 0.0716. The van der Waals surface area contributed by atoms with Gasteiger partial charge in [-0.15, -0.1) is 0 Å². The Bertz CT molecular complexity index is 925. The van der Waals surface area contributed by atoms with E-state index in [2.05, 4.69) is 0 Å². The van der Waals surface area contributed by atoms with E-state index < -0.39 is 21.8 Å². The molecule has 138 valence electrons. The van der Waals surface area contributed by atoms with Gasteiger partial charge in [0.25, 0.3) is 0 Å². The summed E-state index contributed by atoms with van der Waals surface area (Å²) in [5, 5.41) is 9.02. The summed E-state index contributed by atoms with van der Waals surface area (Å²) in [4.78, 5) is 11.3. The summed E-state index contributed by atoms with van der Waals surface area (Å²) < 4.78 is 40.4. The van der Waals surface area contributed by atoms with Crippen molar-refractivity contribution in [3.63, 3.8) is 0 Å². The van der Waals surface area contributed by atoms with Crippen LogP contribution in [0.25, 0.3) is 0 Å². The summed E-state index contributed by atoms with van der Waals surface area (Å²) in [5.41, 5.74) is 1.34. The van der Waals surface area contributed by atoms with E-state index in [0.717, 1.165) is 11.6 Å². The van der Waals surface area contributed by atoms with Gasteiger partial charge in [0.15, 0.2) is 0 Å². The standard InChI is InChI=1S/C19H20FNO4S/c1-13-2-5-16(6-3-13)26(24,25)21-9-8-15(12-21)10-14-4-7-18(20)17(11-14)19(22)23/h2-7,11,15H,8-10,12H2,1H3,(H,22,23). The molecule has 0 amide bonds. The number of sulfonamides is 1. The molecule has 1 unspecified atom stereocenters. The highest BCUT2D eigenvalue weighted by Gasteiger charge is 2.32. The van der Waals surface area contributed by atoms with Gasteiger partial charge >= 0.3 is 5.97 Å². The molecule has 0 aromatic heterocycles. The molecule has 3 rings (SSSR count). The van der Waals surface area contributed by atoms with E-state index in [1.54, 1.807) is 30.3 Å². The van der Waals surface area contributed by atoms with Crippen molar-refractivity contribution < 1.29 is 22.7 Å². The molecule has 2 aromatic rings. The fourth-order valence-corrected chi connectivity index (χ4v) is 4.77. The van der Waals surface area contributed by atoms with Gasteiger partial charge in [0.1, 0.15) is 5.82 Å². The summed E-state index contributed by atoms with van der Waals surface area (Å²) in [6.07, 6.45) is 1.20. The van der Waals surface area contributed by atoms with Crippen LogP contribution < -0.4 is 0 Å². The molecule has 1 N–H and O–H groups in total. The number of hydrogen-bond donors (Lipinski definition) is 1. The van der Waals surface area contributed by atoms with Gasteiger partial charge in [-0.3, -0.25) is 0 Å². The van der Waals surface area contributed by atoms with Crippen molar-refractivity contribution in [2.75, 3.05) is 13.1 Å². The molecule has 1 aliphatic rings. The number of nitrogens with zero attached hydrogens (tertiary/aromatic N) is 1. The van der Waals surface area contributed by atoms with Crippen LogP contribution in [0.15, 0.2) is 47.4 Å². The predicted molar refractivity (Wildman–Crippen MR) is 95.1 cm³/mol. The van der Waals surface area contributed by atoms with Crippen molar-refractivity contribution in [3.8, 4) is 0 Å². The van der Waals surface area contributed by atoms with Gasteiger partial charge in [-0.25, -0.2) is 17.6 Å². The van der Waals surface area contributed by atoms with E-state index in [1.165, 1.54) is 10.4 Å². The highest BCUT2D eigenvalue weighted by Crippen LogP contribution is 2.27. The van der Waals surface area contributed by atoms with Gasteiger partial charge < -0.3 is 5.11 Å². The molecule has 1 heterocycles. The fraction of sp³-hybridized carbons (Fsp3) is 0.316. The van der Waals surface area contributed by atoms with Crippen LogP contribution in [0.4, 0.5) is 4.39 Å². The molecule has 0 aliphatic carbocycles. The molecule has 5 nitrogen and oxygen atoms in total. The van der Waals surface area contributed by atoms with Crippen LogP contribution in [0.1, 0.15) is 27.9 Å². The smallest absolute Gasteiger partial charge is 0.338 e. The van der Waals surface area contributed by atoms with Crippen LogP contribution in [-0.4, -0.2) is 36.9 Å². The Morgan fingerprint density at radius 3 is 2.58 bits per heavy atom. The maximum Gasteiger partial charge on any atom is 0.338 e. The number of aromatic carboxylic acids is 1. The third-order valence-electron chi connectivity index (χ3n) is 4.69. The first-order valence-electron chi connectivity index (χ1n) is 8.36. The lowest BCUT2D eigenvalue weighted by molar-refractivity contribution is 0.0691. The van der Waals surface area contributed by atoms with Gasteiger partial charge in [-0.2, -0.15) is 4.31 Å². The summed E-state index contributed by atoms with van der Waals surface area (Å²) in [6, 6.07) is 10.8. The minimum Gasteiger partial charge on any atom is -0.478 e. The number of rotatable bonds is 5. The lowest BCUT2D eigenvalue weighted by atomic mass is 9.97. The Labute approximate surface area is 152 Å². The Balaban J connectivity index is 1.72. The topological polar surface area (TPSA) is 74.7 Å². The molecule has 1 aliphatic heterocycles. The first kappa shape index (κ1) is 18.5. The maximum absolute atomic E-state index is 13.5. The normalized spacial score (nSPS) is 18.2. The van der Waals surface area contributed by atoms with E-state index in [-0.39, 0.29) is 16.4 Å². The SMILES string of the molecule is Cc1ccc(S(=O)(=O)N2CCC(Cc3ccc(F)c(C(=O)O)c3)C2)cc1. The van der Waals surface area contributed by atoms with Crippen LogP contribution in [-0.2, 0) is 16.4 Å². The summed E-state index contributed by atoms with van der Waals surface area (Å²) in [5.74, 6) is -2.00. The van der Waals surface area contributed by atoms with Gasteiger partial charge in [0, 0.05) is 13.1 Å². The molecule has 2 aromatic carbocycles. The lowest BCUT2D eigenvalue weighted by Crippen LogP contribution is -2.29. The highest BCUT2D eigenvalue weighted by atomic mass is 32.2. The molecule has 1 fully saturated rings. The average Bonchev–Trinajstić information content (AvgIpc) is 3.06. The predicted octanol–water partition coefficient (Wildman–Crippen LogP) is 3.09. The van der Waals surface area contributed by atoms with Gasteiger partial charge in [0.05, 0.1) is 10.5 Å². The lowest BCUT2D eigenvalue weighted by Gasteiger charge is -2.17. The van der Waals surface area contributed by atoms with Crippen molar-refractivity contribution in [2.45, 2.75) is 24.7 Å². The Hall–Kier alpha value is -2.25. The van der Waals surface area contributed by atoms with E-state index in [9.17, 15) is 17.6 Å². The minimum atomic E-state index is -3.53. The second-order valence-corrected chi connectivity index (χ2v) is 8.59. The second-order valence-electron chi connectivity index (χ2n) is 6.65. The van der Waals surface area contributed by atoms with Gasteiger partial charge in [-0.1, -0.05) is 23.8 Å².